The predicted molar refractivity (Wildman–Crippen MR) is 29.4 cm³/mol. The standard InChI is InChI=1S/C7H4O/c1-6-4-2-3-5-7(6)8/h8H,1H3. The molecule has 0 aromatic rings. The third-order valence-electron chi connectivity index (χ3n) is 0.849. The zero-order chi connectivity index (χ0) is 5.98. The minimum Gasteiger partial charge on any atom is -0.500 e. The molecule has 1 nitrogen and oxygen atoms in total. The monoisotopic (exact) mass is 104 g/mol. The molecule has 0 fully saturated rings. The van der Waals surface area contributed by atoms with Crippen LogP contribution in [0.3, 0.4) is 0 Å². The summed E-state index contributed by atoms with van der Waals surface area (Å²) in [6.07, 6.45) is 0. The van der Waals surface area contributed by atoms with E-state index in [0.29, 0.717) is 5.57 Å². The molecule has 0 unspecified atom stereocenters. The largest absolute Gasteiger partial charge is 0.500 e. The topological polar surface area (TPSA) is 20.2 Å². The third-order valence-corrected chi connectivity index (χ3v) is 0.849. The molecular weight excluding hydrogens is 100 g/mol. The predicted octanol–water partition coefficient (Wildman–Crippen LogP) is 1.45. The van der Waals surface area contributed by atoms with Gasteiger partial charge in [-0.05, 0) is 24.1 Å². The summed E-state index contributed by atoms with van der Waals surface area (Å²) in [4.78, 5) is 0. The summed E-state index contributed by atoms with van der Waals surface area (Å²) in [6.45, 7) is 1.73. The second kappa shape index (κ2) is 1.64. The number of hydrogen-bond donors (Lipinski definition) is 1. The Morgan fingerprint density at radius 3 is 2.25 bits per heavy atom. The summed E-state index contributed by atoms with van der Waals surface area (Å²) in [5, 5.41) is 8.78. The quantitative estimate of drug-likeness (QED) is 0.461. The Balaban J connectivity index is 3.44. The van der Waals surface area contributed by atoms with E-state index in [0.717, 1.165) is 0 Å². The van der Waals surface area contributed by atoms with Gasteiger partial charge in [-0.3, -0.25) is 0 Å². The Bertz CT molecular complexity index is 242. The fraction of sp³-hybridized carbons (Fsp3) is 0.143. The van der Waals surface area contributed by atoms with Crippen molar-refractivity contribution in [3.63, 3.8) is 0 Å². The van der Waals surface area contributed by atoms with Crippen LogP contribution < -0.4 is 0 Å². The van der Waals surface area contributed by atoms with Crippen molar-refractivity contribution in [3.8, 4) is 0 Å². The lowest BCUT2D eigenvalue weighted by Gasteiger charge is -1.87. The van der Waals surface area contributed by atoms with Crippen molar-refractivity contribution >= 4 is 0 Å². The zero-order valence-electron chi connectivity index (χ0n) is 4.45. The van der Waals surface area contributed by atoms with Gasteiger partial charge in [0.25, 0.3) is 0 Å². The van der Waals surface area contributed by atoms with Gasteiger partial charge in [0.1, 0.15) is 0 Å². The van der Waals surface area contributed by atoms with Crippen molar-refractivity contribution in [1.29, 1.82) is 0 Å². The highest BCUT2D eigenvalue weighted by Crippen LogP contribution is 2.00. The van der Waals surface area contributed by atoms with E-state index in [1.54, 1.807) is 6.92 Å². The first-order chi connectivity index (χ1) is 3.80. The minimum atomic E-state index is 0.101. The summed E-state index contributed by atoms with van der Waals surface area (Å²) < 4.78 is 0. The number of aliphatic hydroxyl groups is 1. The molecular formula is C7H4O. The number of hydrogen-bond acceptors (Lipinski definition) is 1. The van der Waals surface area contributed by atoms with Crippen LogP contribution in [-0.4, -0.2) is 5.11 Å². The van der Waals surface area contributed by atoms with E-state index >= 15 is 0 Å². The highest BCUT2D eigenvalue weighted by atomic mass is 16.3. The van der Waals surface area contributed by atoms with Crippen LogP contribution in [0.15, 0.2) is 34.3 Å². The summed E-state index contributed by atoms with van der Waals surface area (Å²) in [6, 6.07) is 0. The second-order valence-corrected chi connectivity index (χ2v) is 1.47. The molecule has 0 aliphatic heterocycles. The van der Waals surface area contributed by atoms with Crippen LogP contribution >= 0.6 is 0 Å². The fourth-order valence-corrected chi connectivity index (χ4v) is 0.368. The van der Waals surface area contributed by atoms with Gasteiger partial charge in [0.15, 0.2) is 5.76 Å². The molecule has 0 saturated heterocycles. The lowest BCUT2D eigenvalue weighted by atomic mass is 10.2. The zero-order valence-corrected chi connectivity index (χ0v) is 4.45. The molecule has 1 aliphatic rings. The first kappa shape index (κ1) is 4.81. The average molecular weight is 104 g/mol. The summed E-state index contributed by atoms with van der Waals surface area (Å²) in [5.74, 6) is 0.101. The summed E-state index contributed by atoms with van der Waals surface area (Å²) >= 11 is 0. The molecule has 0 atom stereocenters. The van der Waals surface area contributed by atoms with E-state index < -0.39 is 0 Å². The summed E-state index contributed by atoms with van der Waals surface area (Å²) in [7, 11) is 0. The maximum atomic E-state index is 8.78. The SMILES string of the molecule is CC1=C=C=C=C=C1O. The van der Waals surface area contributed by atoms with Gasteiger partial charge in [-0.1, -0.05) is 5.73 Å². The minimum absolute atomic E-state index is 0.101. The van der Waals surface area contributed by atoms with Crippen molar-refractivity contribution in [2.24, 2.45) is 0 Å². The lowest BCUT2D eigenvalue weighted by Crippen LogP contribution is -1.77. The molecule has 0 aromatic heterocycles. The highest BCUT2D eigenvalue weighted by Gasteiger charge is 1.91. The van der Waals surface area contributed by atoms with Crippen molar-refractivity contribution < 1.29 is 5.11 Å². The van der Waals surface area contributed by atoms with Crippen molar-refractivity contribution in [1.82, 2.24) is 0 Å². The Kier molecular flexibility index (Phi) is 0.985. The molecule has 0 bridgehead atoms. The maximum absolute atomic E-state index is 8.78. The molecule has 1 heteroatoms. The molecule has 0 aromatic carbocycles. The first-order valence-corrected chi connectivity index (χ1v) is 2.22. The highest BCUT2D eigenvalue weighted by molar-refractivity contribution is 5.23. The number of rotatable bonds is 0. The van der Waals surface area contributed by atoms with Crippen LogP contribution in [0, 0.1) is 0 Å². The van der Waals surface area contributed by atoms with Gasteiger partial charge in [-0.25, -0.2) is 0 Å². The maximum Gasteiger partial charge on any atom is 0.179 e. The van der Waals surface area contributed by atoms with Gasteiger partial charge in [-0.15, -0.1) is 0 Å². The Hall–Kier alpha value is -1.34. The number of allylic oxidation sites excluding steroid dienone is 1. The Morgan fingerprint density at radius 2 is 1.88 bits per heavy atom. The van der Waals surface area contributed by atoms with E-state index in [-0.39, 0.29) is 5.76 Å². The van der Waals surface area contributed by atoms with E-state index in [9.17, 15) is 0 Å². The molecule has 1 aliphatic carbocycles. The van der Waals surface area contributed by atoms with Gasteiger partial charge in [-0.2, -0.15) is 0 Å². The Labute approximate surface area is 47.3 Å². The van der Waals surface area contributed by atoms with E-state index in [4.69, 9.17) is 5.11 Å². The van der Waals surface area contributed by atoms with Crippen molar-refractivity contribution in [3.05, 3.63) is 34.3 Å². The molecule has 38 valence electrons. The van der Waals surface area contributed by atoms with E-state index in [2.05, 4.69) is 22.9 Å². The Morgan fingerprint density at radius 1 is 1.25 bits per heavy atom. The molecule has 0 spiro atoms. The van der Waals surface area contributed by atoms with Crippen molar-refractivity contribution in [2.75, 3.05) is 0 Å². The molecule has 1 N–H and O–H groups in total. The van der Waals surface area contributed by atoms with Crippen LogP contribution in [0.25, 0.3) is 0 Å². The number of aliphatic hydroxyl groups excluding tert-OH is 1. The first-order valence-electron chi connectivity index (χ1n) is 2.22. The molecule has 8 heavy (non-hydrogen) atoms. The third kappa shape index (κ3) is 0.669. The van der Waals surface area contributed by atoms with Crippen LogP contribution in [0.2, 0.25) is 0 Å². The van der Waals surface area contributed by atoms with Crippen LogP contribution in [0.1, 0.15) is 6.92 Å². The van der Waals surface area contributed by atoms with Gasteiger partial charge in [0, 0.05) is 0 Å². The van der Waals surface area contributed by atoms with Gasteiger partial charge < -0.3 is 5.11 Å². The van der Waals surface area contributed by atoms with Gasteiger partial charge in [0.2, 0.25) is 0 Å². The van der Waals surface area contributed by atoms with Crippen LogP contribution in [0.5, 0.6) is 0 Å². The van der Waals surface area contributed by atoms with E-state index in [1.807, 2.05) is 0 Å². The van der Waals surface area contributed by atoms with Crippen molar-refractivity contribution in [2.45, 2.75) is 6.92 Å². The fourth-order valence-electron chi connectivity index (χ4n) is 0.368. The molecule has 0 saturated carbocycles. The smallest absolute Gasteiger partial charge is 0.179 e. The van der Waals surface area contributed by atoms with Gasteiger partial charge >= 0.3 is 0 Å². The molecule has 0 radical (unpaired) electrons. The van der Waals surface area contributed by atoms with E-state index in [1.165, 1.54) is 0 Å². The molecule has 0 heterocycles. The van der Waals surface area contributed by atoms with Crippen LogP contribution in [-0.2, 0) is 0 Å². The normalized spacial score (nSPS) is 13.6. The van der Waals surface area contributed by atoms with Gasteiger partial charge in [0.05, 0.1) is 5.57 Å². The second-order valence-electron chi connectivity index (χ2n) is 1.47. The van der Waals surface area contributed by atoms with Crippen LogP contribution in [0.4, 0.5) is 0 Å². The molecule has 1 rings (SSSR count). The molecule has 0 amide bonds. The lowest BCUT2D eigenvalue weighted by molar-refractivity contribution is 0.425. The summed E-state index contributed by atoms with van der Waals surface area (Å²) in [5.41, 5.74) is 10.7. The average Bonchev–Trinajstić information content (AvgIpc) is 1.77.